The van der Waals surface area contributed by atoms with Gasteiger partial charge in [0.15, 0.2) is 0 Å². The van der Waals surface area contributed by atoms with Gasteiger partial charge >= 0.3 is 0 Å². The number of pyridine rings is 1. The molecule has 8 heteroatoms. The molecule has 0 aliphatic rings. The van der Waals surface area contributed by atoms with E-state index in [0.717, 1.165) is 10.7 Å². The molecule has 0 saturated heterocycles. The van der Waals surface area contributed by atoms with Crippen LogP contribution >= 0.6 is 11.3 Å². The fraction of sp³-hybridized carbons (Fsp3) is 0.133. The highest BCUT2D eigenvalue weighted by atomic mass is 32.1. The third kappa shape index (κ3) is 3.67. The third-order valence-electron chi connectivity index (χ3n) is 3.01. The molecule has 3 aromatic heterocycles. The van der Waals surface area contributed by atoms with Gasteiger partial charge in [0.2, 0.25) is 5.56 Å². The Labute approximate surface area is 135 Å². The van der Waals surface area contributed by atoms with Gasteiger partial charge in [0.25, 0.3) is 5.91 Å². The van der Waals surface area contributed by atoms with Crippen molar-refractivity contribution in [3.63, 3.8) is 0 Å². The standard InChI is InChI=1S/C15H13N5O2S/c1-9-4-10(5-13(21)19-9)14(22)18-6-11-8-23-15(20-11)12-7-16-2-3-17-12/h2-5,7-8H,6H2,1H3,(H,18,22)(H,19,21). The Kier molecular flexibility index (Phi) is 4.24. The number of carbonyl (C=O) groups is 1. The maximum Gasteiger partial charge on any atom is 0.251 e. The molecule has 0 aromatic carbocycles. The molecule has 2 N–H and O–H groups in total. The number of aromatic amines is 1. The van der Waals surface area contributed by atoms with Crippen LogP contribution in [-0.2, 0) is 6.54 Å². The smallest absolute Gasteiger partial charge is 0.251 e. The second-order valence-corrected chi connectivity index (χ2v) is 5.69. The SMILES string of the molecule is Cc1cc(C(=O)NCc2csc(-c3cnccn3)n2)cc(=O)[nH]1. The van der Waals surface area contributed by atoms with E-state index in [1.807, 2.05) is 5.38 Å². The summed E-state index contributed by atoms with van der Waals surface area (Å²) in [7, 11) is 0. The van der Waals surface area contributed by atoms with Crippen LogP contribution in [0, 0.1) is 6.92 Å². The van der Waals surface area contributed by atoms with Gasteiger partial charge in [-0.3, -0.25) is 19.6 Å². The fourth-order valence-electron chi connectivity index (χ4n) is 2.00. The Morgan fingerprint density at radius 1 is 1.35 bits per heavy atom. The van der Waals surface area contributed by atoms with Crippen LogP contribution in [0.1, 0.15) is 21.7 Å². The van der Waals surface area contributed by atoms with E-state index in [4.69, 9.17) is 0 Å². The first-order valence-corrected chi connectivity index (χ1v) is 7.70. The molecule has 0 fully saturated rings. The Morgan fingerprint density at radius 2 is 2.22 bits per heavy atom. The van der Waals surface area contributed by atoms with Crippen molar-refractivity contribution >= 4 is 17.2 Å². The van der Waals surface area contributed by atoms with Crippen LogP contribution in [0.5, 0.6) is 0 Å². The Hall–Kier alpha value is -2.87. The normalized spacial score (nSPS) is 10.5. The molecule has 0 bridgehead atoms. The fourth-order valence-corrected chi connectivity index (χ4v) is 2.78. The van der Waals surface area contributed by atoms with E-state index >= 15 is 0 Å². The van der Waals surface area contributed by atoms with Crippen molar-refractivity contribution in [2.45, 2.75) is 13.5 Å². The van der Waals surface area contributed by atoms with Crippen LogP contribution in [0.25, 0.3) is 10.7 Å². The molecule has 3 rings (SSSR count). The second-order valence-electron chi connectivity index (χ2n) is 4.83. The lowest BCUT2D eigenvalue weighted by molar-refractivity contribution is 0.0950. The van der Waals surface area contributed by atoms with Crippen molar-refractivity contribution in [1.82, 2.24) is 25.3 Å². The number of hydrogen-bond acceptors (Lipinski definition) is 6. The molecule has 0 atom stereocenters. The number of aryl methyl sites for hydroxylation is 1. The van der Waals surface area contributed by atoms with Gasteiger partial charge < -0.3 is 10.3 Å². The number of amides is 1. The minimum Gasteiger partial charge on any atom is -0.346 e. The first-order chi connectivity index (χ1) is 11.1. The van der Waals surface area contributed by atoms with E-state index in [-0.39, 0.29) is 18.0 Å². The molecule has 0 aliphatic carbocycles. The largest absolute Gasteiger partial charge is 0.346 e. The number of carbonyl (C=O) groups excluding carboxylic acids is 1. The molecule has 0 aliphatic heterocycles. The zero-order chi connectivity index (χ0) is 16.2. The van der Waals surface area contributed by atoms with Crippen LogP contribution in [0.4, 0.5) is 0 Å². The Balaban J connectivity index is 1.68. The number of nitrogens with one attached hydrogen (secondary N) is 2. The van der Waals surface area contributed by atoms with Gasteiger partial charge in [-0.25, -0.2) is 4.98 Å². The molecule has 0 radical (unpaired) electrons. The van der Waals surface area contributed by atoms with Crippen molar-refractivity contribution in [2.24, 2.45) is 0 Å². The predicted molar refractivity (Wildman–Crippen MR) is 86.1 cm³/mol. The summed E-state index contributed by atoms with van der Waals surface area (Å²) in [6.45, 7) is 2.01. The van der Waals surface area contributed by atoms with Gasteiger partial charge in [0.05, 0.1) is 18.4 Å². The average molecular weight is 327 g/mol. The Morgan fingerprint density at radius 3 is 2.96 bits per heavy atom. The average Bonchev–Trinajstić information content (AvgIpc) is 3.01. The minimum absolute atomic E-state index is 0.279. The van der Waals surface area contributed by atoms with E-state index in [1.54, 1.807) is 31.6 Å². The van der Waals surface area contributed by atoms with Crippen molar-refractivity contribution in [3.8, 4) is 10.7 Å². The molecule has 116 valence electrons. The minimum atomic E-state index is -0.312. The molecule has 23 heavy (non-hydrogen) atoms. The number of rotatable bonds is 4. The summed E-state index contributed by atoms with van der Waals surface area (Å²) in [6.07, 6.45) is 4.84. The Bertz CT molecular complexity index is 888. The number of hydrogen-bond donors (Lipinski definition) is 2. The summed E-state index contributed by atoms with van der Waals surface area (Å²) in [4.78, 5) is 38.7. The maximum absolute atomic E-state index is 12.1. The van der Waals surface area contributed by atoms with Gasteiger partial charge in [-0.15, -0.1) is 11.3 Å². The summed E-state index contributed by atoms with van der Waals surface area (Å²) in [5.41, 5.74) is 2.09. The van der Waals surface area contributed by atoms with Gasteiger partial charge in [-0.1, -0.05) is 0 Å². The number of nitrogens with zero attached hydrogens (tertiary/aromatic N) is 3. The predicted octanol–water partition coefficient (Wildman–Crippen LogP) is 1.53. The zero-order valence-electron chi connectivity index (χ0n) is 12.2. The van der Waals surface area contributed by atoms with Crippen LogP contribution in [0.2, 0.25) is 0 Å². The molecular formula is C15H13N5O2S. The first kappa shape index (κ1) is 15.0. The highest BCUT2D eigenvalue weighted by molar-refractivity contribution is 7.13. The van der Waals surface area contributed by atoms with E-state index in [2.05, 4.69) is 25.3 Å². The van der Waals surface area contributed by atoms with Crippen molar-refractivity contribution in [2.75, 3.05) is 0 Å². The van der Waals surface area contributed by atoms with Crippen LogP contribution in [0.15, 0.2) is 40.9 Å². The molecule has 3 heterocycles. The van der Waals surface area contributed by atoms with Crippen LogP contribution in [0.3, 0.4) is 0 Å². The molecule has 1 amide bonds. The monoisotopic (exact) mass is 327 g/mol. The maximum atomic E-state index is 12.1. The van der Waals surface area contributed by atoms with E-state index in [0.29, 0.717) is 17.0 Å². The molecule has 0 unspecified atom stereocenters. The lowest BCUT2D eigenvalue weighted by atomic mass is 10.2. The topological polar surface area (TPSA) is 101 Å². The summed E-state index contributed by atoms with van der Waals surface area (Å²) < 4.78 is 0. The van der Waals surface area contributed by atoms with Crippen molar-refractivity contribution in [1.29, 1.82) is 0 Å². The first-order valence-electron chi connectivity index (χ1n) is 6.82. The number of H-pyrrole nitrogens is 1. The van der Waals surface area contributed by atoms with E-state index in [1.165, 1.54) is 17.4 Å². The van der Waals surface area contributed by atoms with Crippen LogP contribution in [-0.4, -0.2) is 25.8 Å². The molecule has 0 spiro atoms. The molecular weight excluding hydrogens is 314 g/mol. The number of aromatic nitrogens is 4. The van der Waals surface area contributed by atoms with E-state index in [9.17, 15) is 9.59 Å². The van der Waals surface area contributed by atoms with Gasteiger partial charge in [0, 0.05) is 35.1 Å². The lowest BCUT2D eigenvalue weighted by Crippen LogP contribution is -2.24. The highest BCUT2D eigenvalue weighted by Crippen LogP contribution is 2.20. The van der Waals surface area contributed by atoms with Crippen molar-refractivity contribution < 1.29 is 4.79 Å². The quantitative estimate of drug-likeness (QED) is 0.757. The third-order valence-corrected chi connectivity index (χ3v) is 3.92. The van der Waals surface area contributed by atoms with Crippen LogP contribution < -0.4 is 10.9 Å². The lowest BCUT2D eigenvalue weighted by Gasteiger charge is -2.03. The highest BCUT2D eigenvalue weighted by Gasteiger charge is 2.10. The number of thiazole rings is 1. The van der Waals surface area contributed by atoms with Gasteiger partial charge in [0.1, 0.15) is 10.7 Å². The summed E-state index contributed by atoms with van der Waals surface area (Å²) >= 11 is 1.44. The van der Waals surface area contributed by atoms with Gasteiger partial charge in [-0.2, -0.15) is 0 Å². The van der Waals surface area contributed by atoms with E-state index < -0.39 is 0 Å². The molecule has 7 nitrogen and oxygen atoms in total. The molecule has 3 aromatic rings. The molecule has 0 saturated carbocycles. The summed E-state index contributed by atoms with van der Waals surface area (Å²) in [5, 5.41) is 5.35. The summed E-state index contributed by atoms with van der Waals surface area (Å²) in [5.74, 6) is -0.312. The summed E-state index contributed by atoms with van der Waals surface area (Å²) in [6, 6.07) is 2.90. The van der Waals surface area contributed by atoms with Crippen molar-refractivity contribution in [3.05, 3.63) is 63.4 Å². The second kappa shape index (κ2) is 6.49. The van der Waals surface area contributed by atoms with Gasteiger partial charge in [-0.05, 0) is 13.0 Å². The zero-order valence-corrected chi connectivity index (χ0v) is 13.1.